The number of anilines is 1. The van der Waals surface area contributed by atoms with Crippen molar-refractivity contribution in [2.24, 2.45) is 5.73 Å². The van der Waals surface area contributed by atoms with Gasteiger partial charge in [0.2, 0.25) is 5.91 Å². The molecular formula is C21H18N4O. The molecule has 26 heavy (non-hydrogen) atoms. The molecule has 2 aromatic carbocycles. The monoisotopic (exact) mass is 342 g/mol. The maximum atomic E-state index is 11.4. The van der Waals surface area contributed by atoms with Gasteiger partial charge < -0.3 is 15.5 Å². The van der Waals surface area contributed by atoms with Gasteiger partial charge in [-0.25, -0.2) is 4.98 Å². The number of amides is 1. The summed E-state index contributed by atoms with van der Waals surface area (Å²) in [6, 6.07) is 23.3. The molecule has 5 heteroatoms. The lowest BCUT2D eigenvalue weighted by molar-refractivity contribution is 0.100. The van der Waals surface area contributed by atoms with Crippen LogP contribution in [0.1, 0.15) is 16.1 Å². The maximum Gasteiger partial charge on any atom is 0.248 e. The van der Waals surface area contributed by atoms with Crippen molar-refractivity contribution in [3.63, 3.8) is 0 Å². The summed E-state index contributed by atoms with van der Waals surface area (Å²) in [7, 11) is 0. The Bertz CT molecular complexity index is 1070. The summed E-state index contributed by atoms with van der Waals surface area (Å²) in [4.78, 5) is 16.2. The molecule has 0 radical (unpaired) electrons. The van der Waals surface area contributed by atoms with Crippen molar-refractivity contribution in [1.29, 1.82) is 0 Å². The Hall–Kier alpha value is -3.60. The van der Waals surface area contributed by atoms with E-state index in [4.69, 9.17) is 10.7 Å². The van der Waals surface area contributed by atoms with E-state index in [1.54, 1.807) is 12.1 Å². The van der Waals surface area contributed by atoms with E-state index in [0.717, 1.165) is 28.3 Å². The van der Waals surface area contributed by atoms with Crippen LogP contribution >= 0.6 is 0 Å². The van der Waals surface area contributed by atoms with Gasteiger partial charge in [-0.3, -0.25) is 4.79 Å². The minimum atomic E-state index is -0.437. The highest BCUT2D eigenvalue weighted by molar-refractivity contribution is 5.93. The van der Waals surface area contributed by atoms with Crippen molar-refractivity contribution in [2.75, 3.05) is 5.32 Å². The first kappa shape index (κ1) is 15.9. The molecule has 0 fully saturated rings. The van der Waals surface area contributed by atoms with Crippen LogP contribution in [0.15, 0.2) is 79.0 Å². The number of hydrogen-bond donors (Lipinski definition) is 2. The van der Waals surface area contributed by atoms with Crippen LogP contribution in [0.2, 0.25) is 0 Å². The molecule has 0 aliphatic carbocycles. The molecule has 1 amide bonds. The molecular weight excluding hydrogens is 324 g/mol. The molecule has 0 aliphatic rings. The molecule has 0 atom stereocenters. The predicted octanol–water partition coefficient (Wildman–Crippen LogP) is 3.71. The average molecular weight is 342 g/mol. The first-order chi connectivity index (χ1) is 12.7. The molecule has 0 bridgehead atoms. The molecule has 0 unspecified atom stereocenters. The van der Waals surface area contributed by atoms with Crippen molar-refractivity contribution in [3.8, 4) is 11.3 Å². The molecule has 4 aromatic rings. The normalized spacial score (nSPS) is 10.8. The second kappa shape index (κ2) is 6.72. The SMILES string of the molecule is NC(=O)c1cccc(NCc2c(-c3ccccc3)nc3ccccn23)c1. The number of imidazole rings is 1. The minimum Gasteiger partial charge on any atom is -0.379 e. The summed E-state index contributed by atoms with van der Waals surface area (Å²) < 4.78 is 2.08. The van der Waals surface area contributed by atoms with Gasteiger partial charge in [0.25, 0.3) is 0 Å². The molecule has 2 aromatic heterocycles. The Kier molecular flexibility index (Phi) is 4.11. The number of primary amides is 1. The Balaban J connectivity index is 1.71. The van der Waals surface area contributed by atoms with Crippen LogP contribution in [0.5, 0.6) is 0 Å². The van der Waals surface area contributed by atoms with Crippen LogP contribution in [-0.2, 0) is 6.54 Å². The summed E-state index contributed by atoms with van der Waals surface area (Å²) in [5, 5.41) is 3.38. The number of rotatable bonds is 5. The first-order valence-electron chi connectivity index (χ1n) is 8.37. The Labute approximate surface area is 151 Å². The van der Waals surface area contributed by atoms with Crippen LogP contribution in [0, 0.1) is 0 Å². The van der Waals surface area contributed by atoms with Gasteiger partial charge in [-0.1, -0.05) is 42.5 Å². The summed E-state index contributed by atoms with van der Waals surface area (Å²) >= 11 is 0. The smallest absolute Gasteiger partial charge is 0.248 e. The molecule has 128 valence electrons. The quantitative estimate of drug-likeness (QED) is 0.581. The molecule has 2 heterocycles. The number of nitrogens with two attached hydrogens (primary N) is 1. The zero-order chi connectivity index (χ0) is 17.9. The molecule has 4 rings (SSSR count). The highest BCUT2D eigenvalue weighted by Gasteiger charge is 2.13. The van der Waals surface area contributed by atoms with Gasteiger partial charge in [0.05, 0.1) is 17.9 Å². The van der Waals surface area contributed by atoms with Crippen molar-refractivity contribution in [2.45, 2.75) is 6.54 Å². The van der Waals surface area contributed by atoms with E-state index in [2.05, 4.69) is 21.9 Å². The number of fused-ring (bicyclic) bond motifs is 1. The third kappa shape index (κ3) is 3.02. The predicted molar refractivity (Wildman–Crippen MR) is 103 cm³/mol. The lowest BCUT2D eigenvalue weighted by Gasteiger charge is -2.09. The van der Waals surface area contributed by atoms with E-state index in [1.807, 2.05) is 54.7 Å². The lowest BCUT2D eigenvalue weighted by Crippen LogP contribution is -2.11. The van der Waals surface area contributed by atoms with Crippen LogP contribution in [0.25, 0.3) is 16.9 Å². The van der Waals surface area contributed by atoms with Gasteiger partial charge in [0, 0.05) is 23.0 Å². The number of carbonyl (C=O) groups is 1. The number of benzene rings is 2. The van der Waals surface area contributed by atoms with Gasteiger partial charge in [-0.2, -0.15) is 0 Å². The Morgan fingerprint density at radius 2 is 1.81 bits per heavy atom. The van der Waals surface area contributed by atoms with E-state index >= 15 is 0 Å². The number of carbonyl (C=O) groups excluding carboxylic acids is 1. The summed E-state index contributed by atoms with van der Waals surface area (Å²) in [6.45, 7) is 0.567. The number of nitrogens with zero attached hydrogens (tertiary/aromatic N) is 2. The fourth-order valence-corrected chi connectivity index (χ4v) is 3.01. The Morgan fingerprint density at radius 3 is 2.62 bits per heavy atom. The second-order valence-corrected chi connectivity index (χ2v) is 6.00. The molecule has 0 saturated heterocycles. The van der Waals surface area contributed by atoms with E-state index < -0.39 is 5.91 Å². The van der Waals surface area contributed by atoms with Crippen molar-refractivity contribution in [1.82, 2.24) is 9.38 Å². The molecule has 0 spiro atoms. The number of pyridine rings is 1. The van der Waals surface area contributed by atoms with Gasteiger partial charge >= 0.3 is 0 Å². The largest absolute Gasteiger partial charge is 0.379 e. The van der Waals surface area contributed by atoms with Gasteiger partial charge in [0.15, 0.2) is 0 Å². The van der Waals surface area contributed by atoms with Gasteiger partial charge in [-0.15, -0.1) is 0 Å². The van der Waals surface area contributed by atoms with E-state index in [0.29, 0.717) is 12.1 Å². The van der Waals surface area contributed by atoms with Crippen molar-refractivity contribution in [3.05, 3.63) is 90.3 Å². The average Bonchev–Trinajstić information content (AvgIpc) is 3.06. The fourth-order valence-electron chi connectivity index (χ4n) is 3.01. The summed E-state index contributed by atoms with van der Waals surface area (Å²) in [5.74, 6) is -0.437. The number of nitrogens with one attached hydrogen (secondary N) is 1. The molecule has 0 aliphatic heterocycles. The standard InChI is InChI=1S/C21H18N4O/c22-21(26)16-9-6-10-17(13-16)23-14-18-20(15-7-2-1-3-8-15)24-19-11-4-5-12-25(18)19/h1-13,23H,14H2,(H2,22,26). The zero-order valence-electron chi connectivity index (χ0n) is 14.1. The summed E-state index contributed by atoms with van der Waals surface area (Å²) in [5.41, 5.74) is 10.6. The second-order valence-electron chi connectivity index (χ2n) is 6.00. The fraction of sp³-hybridized carbons (Fsp3) is 0.0476. The molecule has 5 nitrogen and oxygen atoms in total. The summed E-state index contributed by atoms with van der Waals surface area (Å²) in [6.07, 6.45) is 2.01. The Morgan fingerprint density at radius 1 is 1.00 bits per heavy atom. The third-order valence-electron chi connectivity index (χ3n) is 4.28. The van der Waals surface area contributed by atoms with Crippen LogP contribution < -0.4 is 11.1 Å². The number of hydrogen-bond acceptors (Lipinski definition) is 3. The lowest BCUT2D eigenvalue weighted by atomic mass is 10.1. The van der Waals surface area contributed by atoms with E-state index in [1.165, 1.54) is 0 Å². The highest BCUT2D eigenvalue weighted by Crippen LogP contribution is 2.25. The topological polar surface area (TPSA) is 72.4 Å². The maximum absolute atomic E-state index is 11.4. The molecule has 3 N–H and O–H groups in total. The van der Waals surface area contributed by atoms with Crippen LogP contribution in [0.4, 0.5) is 5.69 Å². The first-order valence-corrected chi connectivity index (χ1v) is 8.37. The number of aromatic nitrogens is 2. The van der Waals surface area contributed by atoms with Gasteiger partial charge in [-0.05, 0) is 30.3 Å². The zero-order valence-corrected chi connectivity index (χ0v) is 14.1. The van der Waals surface area contributed by atoms with Gasteiger partial charge in [0.1, 0.15) is 5.65 Å². The van der Waals surface area contributed by atoms with Crippen molar-refractivity contribution < 1.29 is 4.79 Å². The minimum absolute atomic E-state index is 0.437. The van der Waals surface area contributed by atoms with Crippen molar-refractivity contribution >= 4 is 17.2 Å². The molecule has 0 saturated carbocycles. The third-order valence-corrected chi connectivity index (χ3v) is 4.28. The highest BCUT2D eigenvalue weighted by atomic mass is 16.1. The van der Waals surface area contributed by atoms with Crippen LogP contribution in [0.3, 0.4) is 0 Å². The van der Waals surface area contributed by atoms with Crippen LogP contribution in [-0.4, -0.2) is 15.3 Å². The van der Waals surface area contributed by atoms with E-state index in [9.17, 15) is 4.79 Å². The van der Waals surface area contributed by atoms with E-state index in [-0.39, 0.29) is 0 Å².